The van der Waals surface area contributed by atoms with Gasteiger partial charge in [0.05, 0.1) is 10.6 Å². The van der Waals surface area contributed by atoms with Gasteiger partial charge in [-0.05, 0) is 53.4 Å². The van der Waals surface area contributed by atoms with Gasteiger partial charge in [-0.2, -0.15) is 0 Å². The summed E-state index contributed by atoms with van der Waals surface area (Å²) in [6, 6.07) is 3.05. The summed E-state index contributed by atoms with van der Waals surface area (Å²) in [6.45, 7) is 1.65. The number of amides is 1. The van der Waals surface area contributed by atoms with E-state index < -0.39 is 10.0 Å². The quantitative estimate of drug-likeness (QED) is 0.867. The molecule has 7 heteroatoms. The summed E-state index contributed by atoms with van der Waals surface area (Å²) in [6.07, 6.45) is 4.00. The fraction of sp³-hybridized carbons (Fsp3) is 0.462. The molecule has 0 saturated heterocycles. The van der Waals surface area contributed by atoms with Crippen LogP contribution >= 0.6 is 15.9 Å². The van der Waals surface area contributed by atoms with E-state index in [2.05, 4.69) is 21.2 Å². The highest BCUT2D eigenvalue weighted by molar-refractivity contribution is 9.10. The van der Waals surface area contributed by atoms with Gasteiger partial charge in [0.1, 0.15) is 0 Å². The van der Waals surface area contributed by atoms with Gasteiger partial charge in [0.25, 0.3) is 0 Å². The van der Waals surface area contributed by atoms with E-state index in [1.54, 1.807) is 13.0 Å². The first-order valence-electron chi connectivity index (χ1n) is 6.43. The van der Waals surface area contributed by atoms with Crippen LogP contribution < -0.4 is 10.5 Å². The molecule has 0 heterocycles. The molecule has 1 aromatic rings. The van der Waals surface area contributed by atoms with Crippen LogP contribution in [0.2, 0.25) is 0 Å². The van der Waals surface area contributed by atoms with Crippen molar-refractivity contribution in [2.24, 2.45) is 11.1 Å². The van der Waals surface area contributed by atoms with Gasteiger partial charge in [-0.15, -0.1) is 0 Å². The van der Waals surface area contributed by atoms with Gasteiger partial charge in [0.2, 0.25) is 15.9 Å². The third-order valence-corrected chi connectivity index (χ3v) is 5.26. The van der Waals surface area contributed by atoms with Crippen molar-refractivity contribution >= 4 is 37.5 Å². The Morgan fingerprint density at radius 1 is 1.35 bits per heavy atom. The van der Waals surface area contributed by atoms with Crippen LogP contribution in [0, 0.1) is 12.8 Å². The average molecular weight is 361 g/mol. The average Bonchev–Trinajstić information content (AvgIpc) is 2.85. The number of rotatable bonds is 3. The number of benzene rings is 1. The van der Waals surface area contributed by atoms with Crippen molar-refractivity contribution in [1.82, 2.24) is 0 Å². The molecule has 3 N–H and O–H groups in total. The molecule has 20 heavy (non-hydrogen) atoms. The molecule has 1 aromatic carbocycles. The highest BCUT2D eigenvalue weighted by Gasteiger charge is 2.23. The number of carbonyl (C=O) groups excluding carboxylic acids is 1. The lowest BCUT2D eigenvalue weighted by Crippen LogP contribution is -2.21. The Morgan fingerprint density at radius 3 is 2.50 bits per heavy atom. The van der Waals surface area contributed by atoms with Crippen LogP contribution in [-0.2, 0) is 14.8 Å². The summed E-state index contributed by atoms with van der Waals surface area (Å²) in [4.78, 5) is 12.1. The predicted octanol–water partition coefficient (Wildman–Crippen LogP) is 2.53. The zero-order valence-corrected chi connectivity index (χ0v) is 13.6. The Balaban J connectivity index is 2.25. The summed E-state index contributed by atoms with van der Waals surface area (Å²) >= 11 is 3.28. The lowest BCUT2D eigenvalue weighted by Gasteiger charge is -2.14. The van der Waals surface area contributed by atoms with Crippen LogP contribution in [0.3, 0.4) is 0 Å². The summed E-state index contributed by atoms with van der Waals surface area (Å²) in [5, 5.41) is 7.99. The van der Waals surface area contributed by atoms with Crippen LogP contribution in [0.1, 0.15) is 31.2 Å². The van der Waals surface area contributed by atoms with Crippen molar-refractivity contribution < 1.29 is 13.2 Å². The molecule has 0 unspecified atom stereocenters. The van der Waals surface area contributed by atoms with Crippen LogP contribution in [0.5, 0.6) is 0 Å². The number of anilines is 1. The molecule has 0 spiro atoms. The first kappa shape index (κ1) is 15.5. The van der Waals surface area contributed by atoms with Crippen molar-refractivity contribution in [3.05, 3.63) is 22.2 Å². The van der Waals surface area contributed by atoms with Gasteiger partial charge < -0.3 is 5.32 Å². The zero-order valence-electron chi connectivity index (χ0n) is 11.1. The predicted molar refractivity (Wildman–Crippen MR) is 80.8 cm³/mol. The Labute approximate surface area is 127 Å². The molecule has 2 rings (SSSR count). The van der Waals surface area contributed by atoms with Crippen LogP contribution in [0.25, 0.3) is 0 Å². The number of nitrogens with one attached hydrogen (secondary N) is 1. The Morgan fingerprint density at radius 2 is 1.95 bits per heavy atom. The van der Waals surface area contributed by atoms with E-state index in [0.717, 1.165) is 25.7 Å². The molecule has 1 fully saturated rings. The lowest BCUT2D eigenvalue weighted by molar-refractivity contribution is -0.119. The van der Waals surface area contributed by atoms with Crippen LogP contribution in [-0.4, -0.2) is 14.3 Å². The monoisotopic (exact) mass is 360 g/mol. The van der Waals surface area contributed by atoms with Crippen molar-refractivity contribution in [2.45, 2.75) is 37.5 Å². The van der Waals surface area contributed by atoms with Crippen molar-refractivity contribution in [3.8, 4) is 0 Å². The van der Waals surface area contributed by atoms with E-state index in [1.807, 2.05) is 0 Å². The second-order valence-corrected chi connectivity index (χ2v) is 7.50. The number of primary sulfonamides is 1. The number of aryl methyl sites for hydroxylation is 1. The molecular weight excluding hydrogens is 344 g/mol. The van der Waals surface area contributed by atoms with E-state index in [0.29, 0.717) is 15.7 Å². The standard InChI is InChI=1S/C13H17BrN2O3S/c1-8-6-11(10(14)7-12(8)20(15,18)19)16-13(17)9-4-2-3-5-9/h6-7,9H,2-5H2,1H3,(H,16,17)(H2,15,18,19). The van der Waals surface area contributed by atoms with Gasteiger partial charge in [0, 0.05) is 10.4 Å². The van der Waals surface area contributed by atoms with E-state index in [-0.39, 0.29) is 16.7 Å². The van der Waals surface area contributed by atoms with E-state index in [9.17, 15) is 13.2 Å². The topological polar surface area (TPSA) is 89.3 Å². The Kier molecular flexibility index (Phi) is 4.51. The largest absolute Gasteiger partial charge is 0.325 e. The highest BCUT2D eigenvalue weighted by Crippen LogP contribution is 2.31. The molecule has 1 saturated carbocycles. The lowest BCUT2D eigenvalue weighted by atomic mass is 10.1. The molecule has 0 aliphatic heterocycles. The minimum Gasteiger partial charge on any atom is -0.325 e. The maximum Gasteiger partial charge on any atom is 0.238 e. The maximum atomic E-state index is 12.1. The smallest absolute Gasteiger partial charge is 0.238 e. The number of sulfonamides is 1. The Bertz CT molecular complexity index is 637. The highest BCUT2D eigenvalue weighted by atomic mass is 79.9. The van der Waals surface area contributed by atoms with Gasteiger partial charge in [-0.3, -0.25) is 4.79 Å². The molecule has 0 radical (unpaired) electrons. The van der Waals surface area contributed by atoms with Crippen LogP contribution in [0.4, 0.5) is 5.69 Å². The minimum atomic E-state index is -3.76. The third-order valence-electron chi connectivity index (χ3n) is 3.55. The fourth-order valence-electron chi connectivity index (χ4n) is 2.49. The second kappa shape index (κ2) is 5.83. The molecule has 0 aromatic heterocycles. The summed E-state index contributed by atoms with van der Waals surface area (Å²) in [5.74, 6) is 0.0473. The van der Waals surface area contributed by atoms with Gasteiger partial charge in [-0.1, -0.05) is 12.8 Å². The number of halogens is 1. The minimum absolute atomic E-state index is 0.00837. The fourth-order valence-corrected chi connectivity index (χ4v) is 3.87. The van der Waals surface area contributed by atoms with Crippen molar-refractivity contribution in [3.63, 3.8) is 0 Å². The summed E-state index contributed by atoms with van der Waals surface area (Å²) < 4.78 is 23.3. The van der Waals surface area contributed by atoms with Gasteiger partial charge >= 0.3 is 0 Å². The van der Waals surface area contributed by atoms with E-state index in [4.69, 9.17) is 5.14 Å². The molecule has 1 amide bonds. The number of hydrogen-bond donors (Lipinski definition) is 2. The molecule has 1 aliphatic carbocycles. The van der Waals surface area contributed by atoms with E-state index >= 15 is 0 Å². The van der Waals surface area contributed by atoms with Gasteiger partial charge in [0.15, 0.2) is 0 Å². The van der Waals surface area contributed by atoms with Crippen molar-refractivity contribution in [2.75, 3.05) is 5.32 Å². The molecule has 0 atom stereocenters. The second-order valence-electron chi connectivity index (χ2n) is 5.11. The van der Waals surface area contributed by atoms with Crippen molar-refractivity contribution in [1.29, 1.82) is 0 Å². The molecular formula is C13H17BrN2O3S. The van der Waals surface area contributed by atoms with Gasteiger partial charge in [-0.25, -0.2) is 13.6 Å². The third kappa shape index (κ3) is 3.39. The number of hydrogen-bond acceptors (Lipinski definition) is 3. The SMILES string of the molecule is Cc1cc(NC(=O)C2CCCC2)c(Br)cc1S(N)(=O)=O. The number of nitrogens with two attached hydrogens (primary N) is 1. The van der Waals surface area contributed by atoms with Crippen LogP contribution in [0.15, 0.2) is 21.5 Å². The summed E-state index contributed by atoms with van der Waals surface area (Å²) in [5.41, 5.74) is 1.09. The molecule has 5 nitrogen and oxygen atoms in total. The maximum absolute atomic E-state index is 12.1. The Hall–Kier alpha value is -0.920. The zero-order chi connectivity index (χ0) is 14.9. The molecule has 0 bridgehead atoms. The first-order valence-corrected chi connectivity index (χ1v) is 8.77. The number of carbonyl (C=O) groups is 1. The molecule has 110 valence electrons. The molecule has 1 aliphatic rings. The van der Waals surface area contributed by atoms with E-state index in [1.165, 1.54) is 6.07 Å². The first-order chi connectivity index (χ1) is 9.29. The summed E-state index contributed by atoms with van der Waals surface area (Å²) in [7, 11) is -3.76. The normalized spacial score (nSPS) is 16.4.